The molecule has 8 heteroatoms. The molecule has 0 aliphatic rings. The summed E-state index contributed by atoms with van der Waals surface area (Å²) in [5.41, 5.74) is 0. The van der Waals surface area contributed by atoms with Gasteiger partial charge >= 0.3 is 11.9 Å². The fourth-order valence-electron chi connectivity index (χ4n) is 0.253. The van der Waals surface area contributed by atoms with E-state index in [2.05, 4.69) is 0 Å². The molecule has 1 unspecified atom stereocenters. The van der Waals surface area contributed by atoms with E-state index in [1.54, 1.807) is 0 Å². The first-order valence-corrected chi connectivity index (χ1v) is 2.16. The Labute approximate surface area is 80.4 Å². The Balaban J connectivity index is -0.000000107. The van der Waals surface area contributed by atoms with Crippen molar-refractivity contribution in [2.24, 2.45) is 0 Å². The molecule has 12 heavy (non-hydrogen) atoms. The van der Waals surface area contributed by atoms with Crippen LogP contribution in [0.2, 0.25) is 0 Å². The van der Waals surface area contributed by atoms with Crippen LogP contribution < -0.4 is 0 Å². The van der Waals surface area contributed by atoms with Crippen LogP contribution in [0.4, 0.5) is 0 Å². The zero-order chi connectivity index (χ0) is 7.44. The van der Waals surface area contributed by atoms with E-state index in [-0.39, 0.29) is 30.4 Å². The molecule has 0 heterocycles. The molecule has 1 atom stereocenters. The second kappa shape index (κ2) is 10.4. The van der Waals surface area contributed by atoms with Gasteiger partial charge in [0.05, 0.1) is 6.42 Å². The standard InChI is InChI=1S/C4H6O5.2H2O.Zn/c5-2(4(8)9)1-3(6)7;;;/h2,5H,1H2,(H,6,7)(H,8,9);2*1H2;. The Hall–Kier alpha value is -0.557. The second-order valence-corrected chi connectivity index (χ2v) is 1.45. The summed E-state index contributed by atoms with van der Waals surface area (Å²) < 4.78 is 0. The maximum absolute atomic E-state index is 9.72. The molecular formula is C4H10O7Zn. The van der Waals surface area contributed by atoms with Crippen LogP contribution in [0.1, 0.15) is 6.42 Å². The van der Waals surface area contributed by atoms with E-state index in [9.17, 15) is 9.59 Å². The SMILES string of the molecule is O.O.O=C(O)CC(O)C(=O)O.[Zn]. The number of hydrogen-bond acceptors (Lipinski definition) is 3. The molecule has 7 N–H and O–H groups in total. The molecule has 0 aliphatic heterocycles. The van der Waals surface area contributed by atoms with Crippen molar-refractivity contribution in [1.29, 1.82) is 0 Å². The fraction of sp³-hybridized carbons (Fsp3) is 0.500. The van der Waals surface area contributed by atoms with E-state index in [4.69, 9.17) is 15.3 Å². The molecule has 0 aromatic carbocycles. The molecule has 0 aromatic heterocycles. The molecule has 0 amide bonds. The fourth-order valence-corrected chi connectivity index (χ4v) is 0.253. The third kappa shape index (κ3) is 12.2. The molecule has 0 aromatic rings. The van der Waals surface area contributed by atoms with E-state index >= 15 is 0 Å². The Morgan fingerprint density at radius 1 is 1.17 bits per heavy atom. The quantitative estimate of drug-likeness (QED) is 0.452. The number of aliphatic hydroxyl groups is 1. The minimum absolute atomic E-state index is 0. The third-order valence-corrected chi connectivity index (χ3v) is 0.653. The number of rotatable bonds is 3. The van der Waals surface area contributed by atoms with Crippen LogP contribution in [0, 0.1) is 0 Å². The summed E-state index contributed by atoms with van der Waals surface area (Å²) in [4.78, 5) is 19.4. The molecule has 7 nitrogen and oxygen atoms in total. The Morgan fingerprint density at radius 3 is 1.58 bits per heavy atom. The van der Waals surface area contributed by atoms with Crippen LogP contribution in [-0.4, -0.2) is 44.3 Å². The van der Waals surface area contributed by atoms with Crippen LogP contribution in [-0.2, 0) is 29.1 Å². The monoisotopic (exact) mass is 234 g/mol. The van der Waals surface area contributed by atoms with E-state index in [1.165, 1.54) is 0 Å². The van der Waals surface area contributed by atoms with Gasteiger partial charge in [0.1, 0.15) is 0 Å². The molecule has 0 bridgehead atoms. The summed E-state index contributed by atoms with van der Waals surface area (Å²) in [5, 5.41) is 24.1. The largest absolute Gasteiger partial charge is 0.481 e. The Kier molecular flexibility index (Phi) is 19.6. The van der Waals surface area contributed by atoms with E-state index in [1.807, 2.05) is 0 Å². The number of aliphatic carboxylic acids is 2. The topological polar surface area (TPSA) is 158 Å². The van der Waals surface area contributed by atoms with Crippen molar-refractivity contribution in [3.05, 3.63) is 0 Å². The molecule has 70 valence electrons. The summed E-state index contributed by atoms with van der Waals surface area (Å²) in [7, 11) is 0. The molecule has 0 saturated heterocycles. The average Bonchev–Trinajstić information content (AvgIpc) is 1.63. The normalized spacial score (nSPS) is 9.42. The zero-order valence-corrected chi connectivity index (χ0v) is 9.12. The third-order valence-electron chi connectivity index (χ3n) is 0.653. The van der Waals surface area contributed by atoms with E-state index in [0.29, 0.717) is 0 Å². The maximum atomic E-state index is 9.72. The first-order valence-electron chi connectivity index (χ1n) is 2.16. The second-order valence-electron chi connectivity index (χ2n) is 1.45. The maximum Gasteiger partial charge on any atom is 0.333 e. The summed E-state index contributed by atoms with van der Waals surface area (Å²) in [5.74, 6) is -2.85. The summed E-state index contributed by atoms with van der Waals surface area (Å²) in [6.45, 7) is 0. The van der Waals surface area contributed by atoms with Crippen molar-refractivity contribution in [3.8, 4) is 0 Å². The number of aliphatic hydroxyl groups excluding tert-OH is 1. The summed E-state index contributed by atoms with van der Waals surface area (Å²) in [6, 6.07) is 0. The minimum atomic E-state index is -1.79. The molecule has 0 saturated carbocycles. The Morgan fingerprint density at radius 2 is 1.50 bits per heavy atom. The van der Waals surface area contributed by atoms with Gasteiger partial charge in [0.2, 0.25) is 0 Å². The van der Waals surface area contributed by atoms with Gasteiger partial charge in [0.25, 0.3) is 0 Å². The van der Waals surface area contributed by atoms with Crippen molar-refractivity contribution < 1.29 is 55.3 Å². The van der Waals surface area contributed by atoms with Crippen molar-refractivity contribution >= 4 is 11.9 Å². The molecule has 0 spiro atoms. The number of hydrogen-bond donors (Lipinski definition) is 3. The van der Waals surface area contributed by atoms with Gasteiger partial charge in [-0.3, -0.25) is 4.79 Å². The molecule has 0 aliphatic carbocycles. The van der Waals surface area contributed by atoms with Crippen molar-refractivity contribution in [1.82, 2.24) is 0 Å². The van der Waals surface area contributed by atoms with Gasteiger partial charge in [-0.15, -0.1) is 0 Å². The predicted octanol–water partition coefficient (Wildman–Crippen LogP) is -2.75. The van der Waals surface area contributed by atoms with Gasteiger partial charge in [-0.1, -0.05) is 0 Å². The smallest absolute Gasteiger partial charge is 0.333 e. The molecule has 0 fully saturated rings. The first-order chi connectivity index (χ1) is 4.04. The van der Waals surface area contributed by atoms with Gasteiger partial charge in [0.15, 0.2) is 6.10 Å². The van der Waals surface area contributed by atoms with Crippen molar-refractivity contribution in [3.63, 3.8) is 0 Å². The predicted molar refractivity (Wildman–Crippen MR) is 33.1 cm³/mol. The number of carboxylic acids is 2. The van der Waals surface area contributed by atoms with Gasteiger partial charge in [0, 0.05) is 19.5 Å². The van der Waals surface area contributed by atoms with E-state index < -0.39 is 24.5 Å². The number of carboxylic acid groups (broad SMARTS) is 2. The minimum Gasteiger partial charge on any atom is -0.481 e. The van der Waals surface area contributed by atoms with Crippen LogP contribution >= 0.6 is 0 Å². The number of carbonyl (C=O) groups is 2. The van der Waals surface area contributed by atoms with Crippen LogP contribution in [0.15, 0.2) is 0 Å². The average molecular weight is 236 g/mol. The molecule has 0 rings (SSSR count). The van der Waals surface area contributed by atoms with Gasteiger partial charge < -0.3 is 26.3 Å². The zero-order valence-electron chi connectivity index (χ0n) is 6.15. The first kappa shape index (κ1) is 22.5. The van der Waals surface area contributed by atoms with Gasteiger partial charge in [-0.25, -0.2) is 4.79 Å². The van der Waals surface area contributed by atoms with Crippen LogP contribution in [0.5, 0.6) is 0 Å². The van der Waals surface area contributed by atoms with E-state index in [0.717, 1.165) is 0 Å². The van der Waals surface area contributed by atoms with Gasteiger partial charge in [-0.2, -0.15) is 0 Å². The van der Waals surface area contributed by atoms with Crippen molar-refractivity contribution in [2.75, 3.05) is 0 Å². The molecule has 0 radical (unpaired) electrons. The summed E-state index contributed by atoms with van der Waals surface area (Å²) in [6.07, 6.45) is -2.54. The Bertz CT molecular complexity index is 135. The van der Waals surface area contributed by atoms with Crippen LogP contribution in [0.3, 0.4) is 0 Å². The summed E-state index contributed by atoms with van der Waals surface area (Å²) >= 11 is 0. The van der Waals surface area contributed by atoms with Crippen LogP contribution in [0.25, 0.3) is 0 Å². The van der Waals surface area contributed by atoms with Crippen molar-refractivity contribution in [2.45, 2.75) is 12.5 Å². The molecular weight excluding hydrogens is 225 g/mol. The van der Waals surface area contributed by atoms with Gasteiger partial charge in [-0.05, 0) is 0 Å².